The summed E-state index contributed by atoms with van der Waals surface area (Å²) in [6.07, 6.45) is 8.24. The van der Waals surface area contributed by atoms with Crippen LogP contribution in [0.2, 0.25) is 0 Å². The molecule has 0 aromatic carbocycles. The largest absolute Gasteiger partial charge is 0.380 e. The monoisotopic (exact) mass is 227 g/mol. The van der Waals surface area contributed by atoms with Crippen molar-refractivity contribution >= 4 is 0 Å². The average Bonchev–Trinajstić information content (AvgIpc) is 2.74. The molecule has 0 heterocycles. The molecule has 0 amide bonds. The van der Waals surface area contributed by atoms with Crippen molar-refractivity contribution in [1.82, 2.24) is 5.32 Å². The van der Waals surface area contributed by atoms with Gasteiger partial charge in [0.15, 0.2) is 0 Å². The third kappa shape index (κ3) is 7.24. The van der Waals surface area contributed by atoms with E-state index in [0.717, 1.165) is 38.1 Å². The molecular weight excluding hydrogens is 198 g/mol. The van der Waals surface area contributed by atoms with Crippen LogP contribution in [-0.2, 0) is 4.74 Å². The minimum absolute atomic E-state index is 0.834. The van der Waals surface area contributed by atoms with Crippen LogP contribution in [0.3, 0.4) is 0 Å². The summed E-state index contributed by atoms with van der Waals surface area (Å²) in [5.41, 5.74) is 0. The predicted octanol–water partition coefficient (Wildman–Crippen LogP) is 3.22. The average molecular weight is 227 g/mol. The second-order valence-electron chi connectivity index (χ2n) is 5.51. The molecule has 0 saturated heterocycles. The summed E-state index contributed by atoms with van der Waals surface area (Å²) < 4.78 is 5.68. The Hall–Kier alpha value is -0.0800. The van der Waals surface area contributed by atoms with Gasteiger partial charge < -0.3 is 10.1 Å². The van der Waals surface area contributed by atoms with Gasteiger partial charge in [-0.05, 0) is 44.1 Å². The molecule has 96 valence electrons. The molecule has 0 atom stereocenters. The lowest BCUT2D eigenvalue weighted by atomic mass is 10.1. The second kappa shape index (κ2) is 9.00. The fourth-order valence-electron chi connectivity index (χ4n) is 2.33. The van der Waals surface area contributed by atoms with Gasteiger partial charge in [-0.25, -0.2) is 0 Å². The zero-order chi connectivity index (χ0) is 11.6. The van der Waals surface area contributed by atoms with Crippen LogP contribution in [0.25, 0.3) is 0 Å². The molecule has 2 heteroatoms. The van der Waals surface area contributed by atoms with E-state index in [1.165, 1.54) is 38.5 Å². The Morgan fingerprint density at radius 2 is 1.94 bits per heavy atom. The van der Waals surface area contributed by atoms with Gasteiger partial charge in [0, 0.05) is 13.2 Å². The smallest absolute Gasteiger partial charge is 0.0591 e. The minimum atomic E-state index is 0.834. The highest BCUT2D eigenvalue weighted by Crippen LogP contribution is 2.24. The first kappa shape index (κ1) is 14.0. The van der Waals surface area contributed by atoms with Crippen LogP contribution < -0.4 is 5.32 Å². The van der Waals surface area contributed by atoms with Crippen molar-refractivity contribution in [1.29, 1.82) is 0 Å². The maximum atomic E-state index is 5.68. The van der Waals surface area contributed by atoms with E-state index in [-0.39, 0.29) is 0 Å². The lowest BCUT2D eigenvalue weighted by molar-refractivity contribution is 0.103. The van der Waals surface area contributed by atoms with Crippen molar-refractivity contribution in [2.75, 3.05) is 26.3 Å². The number of rotatable bonds is 9. The molecule has 0 aromatic rings. The first-order valence-electron chi connectivity index (χ1n) is 7.07. The van der Waals surface area contributed by atoms with E-state index in [2.05, 4.69) is 19.2 Å². The Morgan fingerprint density at radius 3 is 2.62 bits per heavy atom. The van der Waals surface area contributed by atoms with Crippen LogP contribution >= 0.6 is 0 Å². The zero-order valence-electron chi connectivity index (χ0n) is 11.1. The van der Waals surface area contributed by atoms with Crippen LogP contribution in [0.4, 0.5) is 0 Å². The van der Waals surface area contributed by atoms with E-state index in [1.807, 2.05) is 0 Å². The van der Waals surface area contributed by atoms with Gasteiger partial charge in [0.05, 0.1) is 6.61 Å². The van der Waals surface area contributed by atoms with E-state index in [1.54, 1.807) is 0 Å². The van der Waals surface area contributed by atoms with E-state index < -0.39 is 0 Å². The van der Waals surface area contributed by atoms with E-state index in [4.69, 9.17) is 4.74 Å². The van der Waals surface area contributed by atoms with E-state index >= 15 is 0 Å². The SMILES string of the molecule is CC(C)CCCNCCOCC1CCCC1. The third-order valence-corrected chi connectivity index (χ3v) is 3.39. The second-order valence-corrected chi connectivity index (χ2v) is 5.51. The maximum absolute atomic E-state index is 5.68. The summed E-state index contributed by atoms with van der Waals surface area (Å²) in [7, 11) is 0. The molecule has 1 aliphatic rings. The van der Waals surface area contributed by atoms with Gasteiger partial charge in [-0.3, -0.25) is 0 Å². The molecule has 0 aromatic heterocycles. The van der Waals surface area contributed by atoms with Gasteiger partial charge >= 0.3 is 0 Å². The molecule has 1 N–H and O–H groups in total. The Kier molecular flexibility index (Phi) is 7.87. The fourth-order valence-corrected chi connectivity index (χ4v) is 2.33. The molecule has 2 nitrogen and oxygen atoms in total. The van der Waals surface area contributed by atoms with Crippen LogP contribution in [-0.4, -0.2) is 26.3 Å². The molecule has 0 unspecified atom stereocenters. The number of hydrogen-bond acceptors (Lipinski definition) is 2. The van der Waals surface area contributed by atoms with Crippen molar-refractivity contribution in [3.8, 4) is 0 Å². The van der Waals surface area contributed by atoms with Gasteiger partial charge in [0.2, 0.25) is 0 Å². The highest BCUT2D eigenvalue weighted by molar-refractivity contribution is 4.66. The third-order valence-electron chi connectivity index (χ3n) is 3.39. The minimum Gasteiger partial charge on any atom is -0.380 e. The van der Waals surface area contributed by atoms with Crippen molar-refractivity contribution in [2.24, 2.45) is 11.8 Å². The number of nitrogens with one attached hydrogen (secondary N) is 1. The molecule has 0 spiro atoms. The highest BCUT2D eigenvalue weighted by atomic mass is 16.5. The van der Waals surface area contributed by atoms with Gasteiger partial charge in [-0.1, -0.05) is 26.7 Å². The molecule has 16 heavy (non-hydrogen) atoms. The van der Waals surface area contributed by atoms with E-state index in [9.17, 15) is 0 Å². The molecule has 0 bridgehead atoms. The standard InChI is InChI=1S/C14H29NO/c1-13(2)6-5-9-15-10-11-16-12-14-7-3-4-8-14/h13-15H,3-12H2,1-2H3. The Bertz CT molecular complexity index is 153. The van der Waals surface area contributed by atoms with Crippen LogP contribution in [0.1, 0.15) is 52.4 Å². The van der Waals surface area contributed by atoms with Crippen LogP contribution in [0.5, 0.6) is 0 Å². The van der Waals surface area contributed by atoms with Gasteiger partial charge in [-0.15, -0.1) is 0 Å². The highest BCUT2D eigenvalue weighted by Gasteiger charge is 2.14. The lowest BCUT2D eigenvalue weighted by Crippen LogP contribution is -2.22. The molecule has 1 aliphatic carbocycles. The quantitative estimate of drug-likeness (QED) is 0.611. The Morgan fingerprint density at radius 1 is 1.19 bits per heavy atom. The normalized spacial score (nSPS) is 17.4. The van der Waals surface area contributed by atoms with Gasteiger partial charge in [0.1, 0.15) is 0 Å². The Balaban J connectivity index is 1.74. The fraction of sp³-hybridized carbons (Fsp3) is 1.00. The molecule has 0 radical (unpaired) electrons. The first-order valence-corrected chi connectivity index (χ1v) is 7.07. The molecule has 1 fully saturated rings. The number of hydrogen-bond donors (Lipinski definition) is 1. The summed E-state index contributed by atoms with van der Waals surface area (Å²) in [6, 6.07) is 0. The van der Waals surface area contributed by atoms with Crippen molar-refractivity contribution in [3.05, 3.63) is 0 Å². The van der Waals surface area contributed by atoms with E-state index in [0.29, 0.717) is 0 Å². The zero-order valence-corrected chi connectivity index (χ0v) is 11.1. The van der Waals surface area contributed by atoms with Crippen LogP contribution in [0, 0.1) is 11.8 Å². The molecular formula is C14H29NO. The van der Waals surface area contributed by atoms with Crippen molar-refractivity contribution in [3.63, 3.8) is 0 Å². The predicted molar refractivity (Wildman–Crippen MR) is 69.7 cm³/mol. The summed E-state index contributed by atoms with van der Waals surface area (Å²) in [6.45, 7) is 8.61. The number of ether oxygens (including phenoxy) is 1. The van der Waals surface area contributed by atoms with Crippen molar-refractivity contribution in [2.45, 2.75) is 52.4 Å². The van der Waals surface area contributed by atoms with Crippen molar-refractivity contribution < 1.29 is 4.74 Å². The van der Waals surface area contributed by atoms with Gasteiger partial charge in [-0.2, -0.15) is 0 Å². The lowest BCUT2D eigenvalue weighted by Gasteiger charge is -2.10. The topological polar surface area (TPSA) is 21.3 Å². The summed E-state index contributed by atoms with van der Waals surface area (Å²) in [5, 5.41) is 3.44. The Labute approximate surface area is 101 Å². The summed E-state index contributed by atoms with van der Waals surface area (Å²) >= 11 is 0. The molecule has 0 aliphatic heterocycles. The summed E-state index contributed by atoms with van der Waals surface area (Å²) in [4.78, 5) is 0. The van der Waals surface area contributed by atoms with Gasteiger partial charge in [0.25, 0.3) is 0 Å². The molecule has 1 rings (SSSR count). The maximum Gasteiger partial charge on any atom is 0.0591 e. The first-order chi connectivity index (χ1) is 7.79. The van der Waals surface area contributed by atoms with Crippen LogP contribution in [0.15, 0.2) is 0 Å². The summed E-state index contributed by atoms with van der Waals surface area (Å²) in [5.74, 6) is 1.70. The molecule has 1 saturated carbocycles.